The fraction of sp³-hybridized carbons (Fsp3) is 0.225. The van der Waals surface area contributed by atoms with E-state index >= 15 is 0 Å². The number of hydrogen-bond acceptors (Lipinski definition) is 1. The summed E-state index contributed by atoms with van der Waals surface area (Å²) in [5.41, 5.74) is 8.23. The number of hydrogen-bond donors (Lipinski definition) is 0. The number of nitriles is 1. The highest BCUT2D eigenvalue weighted by Crippen LogP contribution is 2.67. The molecule has 5 atom stereocenters. The summed E-state index contributed by atoms with van der Waals surface area (Å²) in [6.45, 7) is 4.33. The Morgan fingerprint density at radius 2 is 1.00 bits per heavy atom. The van der Waals surface area contributed by atoms with Crippen LogP contribution in [0.25, 0.3) is 32.3 Å². The highest BCUT2D eigenvalue weighted by atomic mass is 14.6. The van der Waals surface area contributed by atoms with Crippen LogP contribution in [0.2, 0.25) is 0 Å². The zero-order valence-electron chi connectivity index (χ0n) is 23.4. The lowest BCUT2D eigenvalue weighted by Gasteiger charge is -2.40. The van der Waals surface area contributed by atoms with Crippen molar-refractivity contribution in [1.82, 2.24) is 0 Å². The van der Waals surface area contributed by atoms with E-state index in [1.807, 2.05) is 0 Å². The third kappa shape index (κ3) is 2.95. The molecule has 1 nitrogen and oxygen atoms in total. The molecule has 0 aromatic heterocycles. The molecule has 0 spiro atoms. The van der Waals surface area contributed by atoms with Crippen LogP contribution >= 0.6 is 0 Å². The molecule has 0 amide bonds. The van der Waals surface area contributed by atoms with E-state index in [9.17, 15) is 5.26 Å². The second kappa shape index (κ2) is 8.08. The van der Waals surface area contributed by atoms with Gasteiger partial charge in [-0.05, 0) is 104 Å². The first-order valence-corrected chi connectivity index (χ1v) is 15.0. The van der Waals surface area contributed by atoms with E-state index in [0.717, 1.165) is 6.42 Å². The Hall–Kier alpha value is -4.41. The Kier molecular flexibility index (Phi) is 4.59. The van der Waals surface area contributed by atoms with Crippen LogP contribution in [0.4, 0.5) is 0 Å². The molecule has 6 aromatic rings. The smallest absolute Gasteiger partial charge is 0.0690 e. The SMILES string of the molecule is CC(C)(C#N)[C@@H]1c2cccc3cccc(c23)[C@H]1[C@H]1c2cccc3cccc(c23)[C@@H]1[C@@H]1Cc2cccc3cccc1c23. The maximum absolute atomic E-state index is 10.6. The van der Waals surface area contributed by atoms with E-state index in [-0.39, 0.29) is 17.8 Å². The lowest BCUT2D eigenvalue weighted by atomic mass is 9.62. The Balaban J connectivity index is 1.34. The van der Waals surface area contributed by atoms with Gasteiger partial charge in [0.15, 0.2) is 0 Å². The van der Waals surface area contributed by atoms with E-state index in [1.165, 1.54) is 65.7 Å². The van der Waals surface area contributed by atoms with Crippen LogP contribution in [0.1, 0.15) is 76.8 Å². The van der Waals surface area contributed by atoms with Crippen LogP contribution in [0.3, 0.4) is 0 Å². The second-order valence-electron chi connectivity index (χ2n) is 13.1. The molecule has 1 heteroatoms. The molecule has 0 saturated carbocycles. The zero-order valence-corrected chi connectivity index (χ0v) is 23.4. The van der Waals surface area contributed by atoms with Crippen molar-refractivity contribution in [3.05, 3.63) is 143 Å². The fourth-order valence-corrected chi connectivity index (χ4v) is 9.44. The van der Waals surface area contributed by atoms with Crippen LogP contribution in [-0.2, 0) is 6.42 Å². The van der Waals surface area contributed by atoms with E-state index in [4.69, 9.17) is 0 Å². The summed E-state index contributed by atoms with van der Waals surface area (Å²) in [7, 11) is 0. The lowest BCUT2D eigenvalue weighted by molar-refractivity contribution is 0.287. The second-order valence-corrected chi connectivity index (χ2v) is 13.1. The van der Waals surface area contributed by atoms with E-state index in [2.05, 4.69) is 129 Å². The maximum Gasteiger partial charge on any atom is 0.0690 e. The lowest BCUT2D eigenvalue weighted by Crippen LogP contribution is -2.29. The van der Waals surface area contributed by atoms with E-state index in [1.54, 1.807) is 0 Å². The van der Waals surface area contributed by atoms with Crippen molar-refractivity contribution in [2.24, 2.45) is 5.41 Å². The molecule has 41 heavy (non-hydrogen) atoms. The number of rotatable bonds is 3. The standard InChI is InChI=1S/C40H31N/c1-40(2,22-41)39-31-20-8-14-25-13-7-19-30(35(25)31)38(39)37-29-18-6-12-24-11-5-17-28(34(24)29)36(37)32-21-26-15-3-9-23-10-4-16-27(32)33(23)26/h3-20,32,36-39H,21H2,1-2H3/t32-,36-,37+,38+,39-/m1/s1. The van der Waals surface area contributed by atoms with Crippen molar-refractivity contribution in [1.29, 1.82) is 5.26 Å². The number of benzene rings is 6. The number of nitrogens with zero attached hydrogens (tertiary/aromatic N) is 1. The fourth-order valence-electron chi connectivity index (χ4n) is 9.44. The largest absolute Gasteiger partial charge is 0.198 e. The van der Waals surface area contributed by atoms with Crippen molar-refractivity contribution in [2.75, 3.05) is 0 Å². The highest BCUT2D eigenvalue weighted by Gasteiger charge is 2.53. The predicted octanol–water partition coefficient (Wildman–Crippen LogP) is 10.1. The molecular weight excluding hydrogens is 494 g/mol. The van der Waals surface area contributed by atoms with Crippen LogP contribution in [0.15, 0.2) is 109 Å². The molecule has 0 unspecified atom stereocenters. The highest BCUT2D eigenvalue weighted by molar-refractivity contribution is 5.97. The monoisotopic (exact) mass is 525 g/mol. The average Bonchev–Trinajstić information content (AvgIpc) is 3.65. The molecular formula is C40H31N. The minimum atomic E-state index is -0.510. The summed E-state index contributed by atoms with van der Waals surface area (Å²) < 4.78 is 0. The molecule has 0 aliphatic heterocycles. The van der Waals surface area contributed by atoms with Gasteiger partial charge >= 0.3 is 0 Å². The van der Waals surface area contributed by atoms with Gasteiger partial charge in [-0.15, -0.1) is 0 Å². The summed E-state index contributed by atoms with van der Waals surface area (Å²) in [5, 5.41) is 18.9. The summed E-state index contributed by atoms with van der Waals surface area (Å²) in [6.07, 6.45) is 1.07. The molecule has 0 fully saturated rings. The van der Waals surface area contributed by atoms with Gasteiger partial charge in [0.1, 0.15) is 0 Å². The minimum absolute atomic E-state index is 0.116. The molecule has 0 saturated heterocycles. The first-order valence-electron chi connectivity index (χ1n) is 15.0. The van der Waals surface area contributed by atoms with Crippen LogP contribution < -0.4 is 0 Å². The van der Waals surface area contributed by atoms with Crippen molar-refractivity contribution in [2.45, 2.75) is 49.9 Å². The van der Waals surface area contributed by atoms with Gasteiger partial charge in [0.05, 0.1) is 11.5 Å². The van der Waals surface area contributed by atoms with Crippen molar-refractivity contribution in [3.8, 4) is 6.07 Å². The summed E-state index contributed by atoms with van der Waals surface area (Å²) in [5.74, 6) is 1.34. The van der Waals surface area contributed by atoms with Gasteiger partial charge in [-0.3, -0.25) is 0 Å². The van der Waals surface area contributed by atoms with Gasteiger partial charge < -0.3 is 0 Å². The summed E-state index contributed by atoms with van der Waals surface area (Å²) in [4.78, 5) is 0. The normalized spacial score (nSPS) is 24.0. The average molecular weight is 526 g/mol. The summed E-state index contributed by atoms with van der Waals surface area (Å²) in [6, 6.07) is 44.0. The van der Waals surface area contributed by atoms with Crippen LogP contribution in [0, 0.1) is 16.7 Å². The third-order valence-electron chi connectivity index (χ3n) is 10.8. The van der Waals surface area contributed by atoms with Gasteiger partial charge in [-0.25, -0.2) is 0 Å². The molecule has 3 aliphatic carbocycles. The topological polar surface area (TPSA) is 23.8 Å². The zero-order chi connectivity index (χ0) is 27.5. The Morgan fingerprint density at radius 1 is 0.537 bits per heavy atom. The molecule has 6 aromatic carbocycles. The molecule has 0 bridgehead atoms. The summed E-state index contributed by atoms with van der Waals surface area (Å²) >= 11 is 0. The Labute approximate surface area is 241 Å². The molecule has 9 rings (SSSR count). The maximum atomic E-state index is 10.6. The minimum Gasteiger partial charge on any atom is -0.198 e. The van der Waals surface area contributed by atoms with Gasteiger partial charge in [0, 0.05) is 11.8 Å². The van der Waals surface area contributed by atoms with Gasteiger partial charge in [0.2, 0.25) is 0 Å². The Bertz CT molecular complexity index is 2090. The van der Waals surface area contributed by atoms with Gasteiger partial charge in [0.25, 0.3) is 0 Å². The van der Waals surface area contributed by atoms with Crippen molar-refractivity contribution >= 4 is 32.3 Å². The van der Waals surface area contributed by atoms with Gasteiger partial charge in [-0.1, -0.05) is 109 Å². The quantitative estimate of drug-likeness (QED) is 0.225. The molecule has 3 aliphatic rings. The first-order chi connectivity index (χ1) is 20.1. The Morgan fingerprint density at radius 3 is 1.61 bits per heavy atom. The predicted molar refractivity (Wildman–Crippen MR) is 169 cm³/mol. The molecule has 0 N–H and O–H groups in total. The van der Waals surface area contributed by atoms with Crippen LogP contribution in [-0.4, -0.2) is 0 Å². The molecule has 196 valence electrons. The third-order valence-corrected chi connectivity index (χ3v) is 10.8. The van der Waals surface area contributed by atoms with E-state index in [0.29, 0.717) is 11.8 Å². The first kappa shape index (κ1) is 23.3. The van der Waals surface area contributed by atoms with Crippen molar-refractivity contribution in [3.63, 3.8) is 0 Å². The van der Waals surface area contributed by atoms with E-state index < -0.39 is 5.41 Å². The molecule has 0 heterocycles. The van der Waals surface area contributed by atoms with Crippen LogP contribution in [0.5, 0.6) is 0 Å². The van der Waals surface area contributed by atoms with Gasteiger partial charge in [-0.2, -0.15) is 5.26 Å². The molecule has 0 radical (unpaired) electrons. The van der Waals surface area contributed by atoms with Crippen molar-refractivity contribution < 1.29 is 0 Å².